The van der Waals surface area contributed by atoms with Gasteiger partial charge in [-0.1, -0.05) is 30.3 Å². The zero-order valence-corrected chi connectivity index (χ0v) is 18.2. The maximum absolute atomic E-state index is 12.6. The monoisotopic (exact) mass is 423 g/mol. The fraction of sp³-hybridized carbons (Fsp3) is 0.480. The Morgan fingerprint density at radius 2 is 2.06 bits per heavy atom. The minimum atomic E-state index is -0.598. The number of hydrogen-bond acceptors (Lipinski definition) is 5. The summed E-state index contributed by atoms with van der Waals surface area (Å²) in [7, 11) is 0. The summed E-state index contributed by atoms with van der Waals surface area (Å²) in [4.78, 5) is 14.9. The smallest absolute Gasteiger partial charge is 0.251 e. The number of β-amino-alcohol motifs (C(OH)–C–C–N with tert-alkyl or cyclic N) is 1. The van der Waals surface area contributed by atoms with Crippen LogP contribution >= 0.6 is 0 Å². The zero-order valence-electron chi connectivity index (χ0n) is 18.2. The van der Waals surface area contributed by atoms with E-state index in [1.807, 2.05) is 18.2 Å². The van der Waals surface area contributed by atoms with Gasteiger partial charge in [0.05, 0.1) is 12.2 Å². The van der Waals surface area contributed by atoms with Crippen LogP contribution < -0.4 is 10.6 Å². The van der Waals surface area contributed by atoms with Crippen molar-refractivity contribution in [1.82, 2.24) is 10.2 Å². The van der Waals surface area contributed by atoms with E-state index >= 15 is 0 Å². The number of hydrogen-bond donors (Lipinski definition) is 3. The van der Waals surface area contributed by atoms with Gasteiger partial charge >= 0.3 is 0 Å². The Morgan fingerprint density at radius 1 is 1.23 bits per heavy atom. The predicted octanol–water partition coefficient (Wildman–Crippen LogP) is 2.82. The second-order valence-corrected chi connectivity index (χ2v) is 8.75. The lowest BCUT2D eigenvalue weighted by Crippen LogP contribution is -2.42. The average Bonchev–Trinajstić information content (AvgIpc) is 2.77. The molecule has 2 heterocycles. The van der Waals surface area contributed by atoms with Gasteiger partial charge in [0.2, 0.25) is 0 Å². The fourth-order valence-corrected chi connectivity index (χ4v) is 4.50. The van der Waals surface area contributed by atoms with E-state index in [0.29, 0.717) is 18.2 Å². The summed E-state index contributed by atoms with van der Waals surface area (Å²) >= 11 is 0. The molecule has 0 radical (unpaired) electrons. The van der Waals surface area contributed by atoms with Crippen LogP contribution in [0.4, 0.5) is 5.69 Å². The lowest BCUT2D eigenvalue weighted by Gasteiger charge is -2.30. The maximum Gasteiger partial charge on any atom is 0.251 e. The molecule has 0 bridgehead atoms. The van der Waals surface area contributed by atoms with Crippen molar-refractivity contribution in [3.05, 3.63) is 65.2 Å². The standard InChI is InChI=1S/C25H33N3O3/c1-18-13-23(10-12-31-18)27-22-8-4-7-20(14-22)25(30)26-15-24(29)17-28-11-9-19-5-2-3-6-21(19)16-28/h2-8,14,18,23-24,27,29H,9-13,15-17H2,1H3,(H,26,30)/t18-,23?,24?/m1/s1. The van der Waals surface area contributed by atoms with Gasteiger partial charge in [-0.25, -0.2) is 0 Å². The van der Waals surface area contributed by atoms with Crippen molar-refractivity contribution in [2.75, 3.05) is 31.6 Å². The van der Waals surface area contributed by atoms with E-state index in [0.717, 1.165) is 44.6 Å². The lowest BCUT2D eigenvalue weighted by atomic mass is 10.00. The van der Waals surface area contributed by atoms with Gasteiger partial charge in [-0.3, -0.25) is 9.69 Å². The van der Waals surface area contributed by atoms with Crippen LogP contribution in [-0.4, -0.2) is 60.4 Å². The van der Waals surface area contributed by atoms with Crippen LogP contribution in [0, 0.1) is 0 Å². The van der Waals surface area contributed by atoms with E-state index in [1.54, 1.807) is 6.07 Å². The van der Waals surface area contributed by atoms with Gasteiger partial charge in [0.15, 0.2) is 0 Å². The maximum atomic E-state index is 12.6. The number of fused-ring (bicyclic) bond motifs is 1. The first-order valence-corrected chi connectivity index (χ1v) is 11.3. The molecule has 3 atom stereocenters. The Hall–Kier alpha value is -2.41. The Morgan fingerprint density at radius 3 is 2.90 bits per heavy atom. The first-order chi connectivity index (χ1) is 15.1. The predicted molar refractivity (Wildman–Crippen MR) is 122 cm³/mol. The highest BCUT2D eigenvalue weighted by Gasteiger charge is 2.20. The third-order valence-electron chi connectivity index (χ3n) is 6.16. The fourth-order valence-electron chi connectivity index (χ4n) is 4.50. The molecule has 6 heteroatoms. The molecule has 3 N–H and O–H groups in total. The molecule has 2 unspecified atom stereocenters. The summed E-state index contributed by atoms with van der Waals surface area (Å²) in [6.07, 6.45) is 2.59. The third-order valence-corrected chi connectivity index (χ3v) is 6.16. The quantitative estimate of drug-likeness (QED) is 0.639. The summed E-state index contributed by atoms with van der Waals surface area (Å²) in [5, 5.41) is 16.9. The molecule has 2 aromatic rings. The van der Waals surface area contributed by atoms with Crippen molar-refractivity contribution in [3.8, 4) is 0 Å². The van der Waals surface area contributed by atoms with Crippen LogP contribution in [0.1, 0.15) is 41.3 Å². The molecular formula is C25H33N3O3. The number of carbonyl (C=O) groups is 1. The lowest BCUT2D eigenvalue weighted by molar-refractivity contribution is 0.0232. The van der Waals surface area contributed by atoms with Crippen LogP contribution in [0.5, 0.6) is 0 Å². The molecule has 0 aliphatic carbocycles. The molecule has 4 rings (SSSR count). The minimum Gasteiger partial charge on any atom is -0.390 e. The molecular weight excluding hydrogens is 390 g/mol. The first kappa shape index (κ1) is 21.8. The number of amides is 1. The molecule has 1 amide bonds. The van der Waals surface area contributed by atoms with E-state index in [9.17, 15) is 9.90 Å². The molecule has 1 fully saturated rings. The van der Waals surface area contributed by atoms with Gasteiger partial charge in [0.25, 0.3) is 5.91 Å². The molecule has 0 spiro atoms. The van der Waals surface area contributed by atoms with Crippen molar-refractivity contribution in [2.24, 2.45) is 0 Å². The Kier molecular flexibility index (Phi) is 7.22. The van der Waals surface area contributed by atoms with Crippen LogP contribution in [0.3, 0.4) is 0 Å². The Labute approximate surface area is 184 Å². The minimum absolute atomic E-state index is 0.160. The summed E-state index contributed by atoms with van der Waals surface area (Å²) < 4.78 is 5.60. The van der Waals surface area contributed by atoms with Crippen molar-refractivity contribution in [3.63, 3.8) is 0 Å². The van der Waals surface area contributed by atoms with Gasteiger partial charge in [0.1, 0.15) is 0 Å². The Balaban J connectivity index is 1.25. The third kappa shape index (κ3) is 6.06. The van der Waals surface area contributed by atoms with E-state index in [1.165, 1.54) is 11.1 Å². The molecule has 2 aromatic carbocycles. The van der Waals surface area contributed by atoms with Gasteiger partial charge in [-0.15, -0.1) is 0 Å². The molecule has 166 valence electrons. The topological polar surface area (TPSA) is 73.8 Å². The largest absolute Gasteiger partial charge is 0.390 e. The summed E-state index contributed by atoms with van der Waals surface area (Å²) in [5.74, 6) is -0.160. The summed E-state index contributed by atoms with van der Waals surface area (Å²) in [6, 6.07) is 16.4. The van der Waals surface area contributed by atoms with Crippen molar-refractivity contribution >= 4 is 11.6 Å². The van der Waals surface area contributed by atoms with Crippen LogP contribution in [0.15, 0.2) is 48.5 Å². The number of aliphatic hydroxyl groups excluding tert-OH is 1. The van der Waals surface area contributed by atoms with Crippen molar-refractivity contribution in [2.45, 2.75) is 51.0 Å². The van der Waals surface area contributed by atoms with Crippen LogP contribution in [0.25, 0.3) is 0 Å². The van der Waals surface area contributed by atoms with Gasteiger partial charge in [-0.05, 0) is 55.5 Å². The number of anilines is 1. The second kappa shape index (κ2) is 10.3. The summed E-state index contributed by atoms with van der Waals surface area (Å²) in [5.41, 5.74) is 4.27. The van der Waals surface area contributed by atoms with E-state index in [2.05, 4.69) is 46.7 Å². The second-order valence-electron chi connectivity index (χ2n) is 8.75. The number of aliphatic hydroxyl groups is 1. The molecule has 0 aromatic heterocycles. The van der Waals surface area contributed by atoms with Crippen LogP contribution in [0.2, 0.25) is 0 Å². The molecule has 6 nitrogen and oxygen atoms in total. The number of ether oxygens (including phenoxy) is 1. The number of nitrogens with one attached hydrogen (secondary N) is 2. The highest BCUT2D eigenvalue weighted by Crippen LogP contribution is 2.20. The number of nitrogens with zero attached hydrogens (tertiary/aromatic N) is 1. The molecule has 2 aliphatic heterocycles. The summed E-state index contributed by atoms with van der Waals surface area (Å²) in [6.45, 7) is 5.43. The molecule has 1 saturated heterocycles. The highest BCUT2D eigenvalue weighted by atomic mass is 16.5. The normalized spacial score (nSPS) is 22.4. The zero-order chi connectivity index (χ0) is 21.6. The van der Waals surface area contributed by atoms with Crippen molar-refractivity contribution in [1.29, 1.82) is 0 Å². The number of carbonyl (C=O) groups excluding carboxylic acids is 1. The molecule has 31 heavy (non-hydrogen) atoms. The van der Waals surface area contributed by atoms with Crippen LogP contribution in [-0.2, 0) is 17.7 Å². The highest BCUT2D eigenvalue weighted by molar-refractivity contribution is 5.95. The van der Waals surface area contributed by atoms with Crippen molar-refractivity contribution < 1.29 is 14.6 Å². The van der Waals surface area contributed by atoms with E-state index in [4.69, 9.17) is 4.74 Å². The SMILES string of the molecule is C[C@@H]1CC(Nc2cccc(C(=O)NCC(O)CN3CCc4ccccc4C3)c2)CCO1. The number of benzene rings is 2. The van der Waals surface area contributed by atoms with Gasteiger partial charge in [0, 0.05) is 50.1 Å². The van der Waals surface area contributed by atoms with Gasteiger partial charge < -0.3 is 20.5 Å². The average molecular weight is 424 g/mol. The van der Waals surface area contributed by atoms with E-state index < -0.39 is 6.10 Å². The molecule has 0 saturated carbocycles. The molecule has 2 aliphatic rings. The first-order valence-electron chi connectivity index (χ1n) is 11.3. The number of rotatable bonds is 7. The van der Waals surface area contributed by atoms with E-state index in [-0.39, 0.29) is 18.6 Å². The van der Waals surface area contributed by atoms with Gasteiger partial charge in [-0.2, -0.15) is 0 Å². The Bertz CT molecular complexity index is 888.